The number of anilines is 1. The van der Waals surface area contributed by atoms with Gasteiger partial charge in [0, 0.05) is 16.2 Å². The van der Waals surface area contributed by atoms with Crippen LogP contribution < -0.4 is 5.73 Å². The van der Waals surface area contributed by atoms with Gasteiger partial charge in [0.25, 0.3) is 0 Å². The monoisotopic (exact) mass is 223 g/mol. The van der Waals surface area contributed by atoms with Gasteiger partial charge in [-0.2, -0.15) is 11.8 Å². The van der Waals surface area contributed by atoms with Crippen molar-refractivity contribution in [2.45, 2.75) is 38.2 Å². The average Bonchev–Trinajstić information content (AvgIpc) is 2.18. The van der Waals surface area contributed by atoms with Crippen molar-refractivity contribution in [3.05, 3.63) is 29.8 Å². The first kappa shape index (κ1) is 12.4. The highest BCUT2D eigenvalue weighted by Gasteiger charge is 2.13. The molecule has 0 aliphatic heterocycles. The quantitative estimate of drug-likeness (QED) is 0.777. The van der Waals surface area contributed by atoms with Crippen molar-refractivity contribution in [1.82, 2.24) is 0 Å². The summed E-state index contributed by atoms with van der Waals surface area (Å²) in [4.78, 5) is 0. The summed E-state index contributed by atoms with van der Waals surface area (Å²) in [7, 11) is 0. The smallest absolute Gasteiger partial charge is 0.0314 e. The largest absolute Gasteiger partial charge is 0.399 e. The molecule has 0 amide bonds. The Morgan fingerprint density at radius 3 is 2.00 bits per heavy atom. The van der Waals surface area contributed by atoms with Gasteiger partial charge in [0.15, 0.2) is 0 Å². The third-order valence-corrected chi connectivity index (χ3v) is 4.42. The van der Waals surface area contributed by atoms with Crippen molar-refractivity contribution in [2.75, 3.05) is 5.73 Å². The molecule has 2 unspecified atom stereocenters. The lowest BCUT2D eigenvalue weighted by molar-refractivity contribution is 0.640. The Bertz CT molecular complexity index is 292. The van der Waals surface area contributed by atoms with Crippen LogP contribution in [-0.2, 0) is 0 Å². The van der Waals surface area contributed by atoms with E-state index in [2.05, 4.69) is 39.8 Å². The summed E-state index contributed by atoms with van der Waals surface area (Å²) in [6.45, 7) is 9.10. The molecule has 0 spiro atoms. The molecule has 0 fully saturated rings. The zero-order valence-corrected chi connectivity index (χ0v) is 10.8. The highest BCUT2D eigenvalue weighted by Crippen LogP contribution is 2.34. The zero-order chi connectivity index (χ0) is 11.4. The van der Waals surface area contributed by atoms with Gasteiger partial charge in [-0.15, -0.1) is 0 Å². The number of benzene rings is 1. The van der Waals surface area contributed by atoms with Gasteiger partial charge in [0.05, 0.1) is 0 Å². The van der Waals surface area contributed by atoms with Crippen LogP contribution in [0.2, 0.25) is 0 Å². The Morgan fingerprint density at radius 1 is 1.00 bits per heavy atom. The number of thioether (sulfide) groups is 1. The van der Waals surface area contributed by atoms with Crippen molar-refractivity contribution in [1.29, 1.82) is 0 Å². The molecule has 15 heavy (non-hydrogen) atoms. The Hall–Kier alpha value is -0.630. The van der Waals surface area contributed by atoms with E-state index in [9.17, 15) is 0 Å². The van der Waals surface area contributed by atoms with Crippen molar-refractivity contribution in [3.63, 3.8) is 0 Å². The van der Waals surface area contributed by atoms with Gasteiger partial charge in [-0.25, -0.2) is 0 Å². The molecule has 2 N–H and O–H groups in total. The summed E-state index contributed by atoms with van der Waals surface area (Å²) in [6.07, 6.45) is 0. The minimum absolute atomic E-state index is 0.544. The number of rotatable bonds is 4. The summed E-state index contributed by atoms with van der Waals surface area (Å²) in [5.74, 6) is 0.728. The molecule has 0 bridgehead atoms. The van der Waals surface area contributed by atoms with Gasteiger partial charge < -0.3 is 5.73 Å². The topological polar surface area (TPSA) is 26.0 Å². The van der Waals surface area contributed by atoms with E-state index in [0.29, 0.717) is 10.5 Å². The Kier molecular flexibility index (Phi) is 4.52. The van der Waals surface area contributed by atoms with Crippen LogP contribution in [-0.4, -0.2) is 5.25 Å². The molecule has 0 saturated carbocycles. The van der Waals surface area contributed by atoms with Gasteiger partial charge in [-0.1, -0.05) is 32.9 Å². The predicted molar refractivity (Wildman–Crippen MR) is 71.2 cm³/mol. The molecule has 0 saturated heterocycles. The van der Waals surface area contributed by atoms with Gasteiger partial charge in [-0.3, -0.25) is 0 Å². The van der Waals surface area contributed by atoms with Crippen LogP contribution in [0.25, 0.3) is 0 Å². The summed E-state index contributed by atoms with van der Waals surface area (Å²) in [6, 6.07) is 8.21. The maximum absolute atomic E-state index is 5.67. The van der Waals surface area contributed by atoms with Crippen LogP contribution in [0.1, 0.15) is 38.5 Å². The number of nitrogens with two attached hydrogens (primary N) is 1. The third kappa shape index (κ3) is 3.78. The fraction of sp³-hybridized carbons (Fsp3) is 0.538. The maximum Gasteiger partial charge on any atom is 0.0314 e. The van der Waals surface area contributed by atoms with Crippen molar-refractivity contribution in [3.8, 4) is 0 Å². The van der Waals surface area contributed by atoms with Crippen LogP contribution in [0.4, 0.5) is 5.69 Å². The molecule has 0 radical (unpaired) electrons. The SMILES string of the molecule is CC(SC(C)C(C)C)c1ccc(N)cc1. The molecule has 0 aliphatic rings. The first-order chi connectivity index (χ1) is 7.00. The minimum Gasteiger partial charge on any atom is -0.399 e. The zero-order valence-electron chi connectivity index (χ0n) is 10.0. The van der Waals surface area contributed by atoms with Gasteiger partial charge >= 0.3 is 0 Å². The predicted octanol–water partition coefficient (Wildman–Crippen LogP) is 4.11. The van der Waals surface area contributed by atoms with E-state index >= 15 is 0 Å². The summed E-state index contributed by atoms with van der Waals surface area (Å²) in [5.41, 5.74) is 7.87. The molecule has 1 rings (SSSR count). The second-order valence-electron chi connectivity index (χ2n) is 4.39. The standard InChI is InChI=1S/C13H21NS/c1-9(2)10(3)15-11(4)12-5-7-13(14)8-6-12/h5-11H,14H2,1-4H3. The molecule has 0 heterocycles. The average molecular weight is 223 g/mol. The highest BCUT2D eigenvalue weighted by molar-refractivity contribution is 8.00. The van der Waals surface area contributed by atoms with Gasteiger partial charge in [0.1, 0.15) is 0 Å². The van der Waals surface area contributed by atoms with Crippen molar-refractivity contribution >= 4 is 17.4 Å². The van der Waals surface area contributed by atoms with E-state index in [1.54, 1.807) is 0 Å². The molecule has 2 atom stereocenters. The van der Waals surface area contributed by atoms with E-state index < -0.39 is 0 Å². The summed E-state index contributed by atoms with van der Waals surface area (Å²) < 4.78 is 0. The fourth-order valence-electron chi connectivity index (χ4n) is 1.32. The molecule has 1 aromatic rings. The molecule has 84 valence electrons. The summed E-state index contributed by atoms with van der Waals surface area (Å²) in [5, 5.41) is 1.24. The Balaban J connectivity index is 2.61. The lowest BCUT2D eigenvalue weighted by Gasteiger charge is -2.20. The van der Waals surface area contributed by atoms with E-state index in [-0.39, 0.29) is 0 Å². The fourth-order valence-corrected chi connectivity index (χ4v) is 2.60. The van der Waals surface area contributed by atoms with Crippen LogP contribution >= 0.6 is 11.8 Å². The third-order valence-electron chi connectivity index (χ3n) is 2.76. The number of hydrogen-bond acceptors (Lipinski definition) is 2. The normalized spacial score (nSPS) is 15.3. The second-order valence-corrected chi connectivity index (χ2v) is 6.12. The number of hydrogen-bond donors (Lipinski definition) is 1. The van der Waals surface area contributed by atoms with Gasteiger partial charge in [-0.05, 0) is 30.5 Å². The molecule has 0 aromatic heterocycles. The molecular formula is C13H21NS. The van der Waals surface area contributed by atoms with Crippen LogP contribution in [0.3, 0.4) is 0 Å². The van der Waals surface area contributed by atoms with E-state index in [1.807, 2.05) is 23.9 Å². The van der Waals surface area contributed by atoms with Crippen LogP contribution in [0.5, 0.6) is 0 Å². The Morgan fingerprint density at radius 2 is 1.53 bits per heavy atom. The lowest BCUT2D eigenvalue weighted by Crippen LogP contribution is -2.07. The molecule has 2 heteroatoms. The van der Waals surface area contributed by atoms with Gasteiger partial charge in [0.2, 0.25) is 0 Å². The van der Waals surface area contributed by atoms with Crippen LogP contribution in [0.15, 0.2) is 24.3 Å². The van der Waals surface area contributed by atoms with E-state index in [0.717, 1.165) is 11.6 Å². The highest BCUT2D eigenvalue weighted by atomic mass is 32.2. The van der Waals surface area contributed by atoms with Crippen LogP contribution in [0, 0.1) is 5.92 Å². The molecular weight excluding hydrogens is 202 g/mol. The summed E-state index contributed by atoms with van der Waals surface area (Å²) >= 11 is 2.03. The lowest BCUT2D eigenvalue weighted by atomic mass is 10.1. The maximum atomic E-state index is 5.67. The molecule has 1 nitrogen and oxygen atoms in total. The van der Waals surface area contributed by atoms with Crippen molar-refractivity contribution < 1.29 is 0 Å². The van der Waals surface area contributed by atoms with Crippen molar-refractivity contribution in [2.24, 2.45) is 5.92 Å². The molecule has 0 aliphatic carbocycles. The Labute approximate surface area is 97.4 Å². The molecule has 1 aromatic carbocycles. The first-order valence-electron chi connectivity index (χ1n) is 5.51. The first-order valence-corrected chi connectivity index (χ1v) is 6.46. The number of nitrogen functional groups attached to an aromatic ring is 1. The minimum atomic E-state index is 0.544. The second kappa shape index (κ2) is 5.45. The van der Waals surface area contributed by atoms with E-state index in [1.165, 1.54) is 5.56 Å². The van der Waals surface area contributed by atoms with E-state index in [4.69, 9.17) is 5.73 Å².